The molecule has 1 unspecified atom stereocenters. The zero-order valence-electron chi connectivity index (χ0n) is 18.6. The number of benzene rings is 5. The average Bonchev–Trinajstić information content (AvgIpc) is 3.02. The van der Waals surface area contributed by atoms with Crippen molar-refractivity contribution in [3.05, 3.63) is 108 Å². The third-order valence-corrected chi connectivity index (χ3v) is 9.49. The summed E-state index contributed by atoms with van der Waals surface area (Å²) < 4.78 is 27.5. The Kier molecular flexibility index (Phi) is 4.37. The quantitative estimate of drug-likeness (QED) is 0.236. The molecule has 1 atom stereocenters. The molecule has 2 aliphatic rings. The van der Waals surface area contributed by atoms with Gasteiger partial charge in [-0.3, -0.25) is 0 Å². The Labute approximate surface area is 198 Å². The van der Waals surface area contributed by atoms with Crippen molar-refractivity contribution in [1.82, 2.24) is 0 Å². The van der Waals surface area contributed by atoms with Gasteiger partial charge in [-0.05, 0) is 64.1 Å². The van der Waals surface area contributed by atoms with Gasteiger partial charge in [-0.1, -0.05) is 84.9 Å². The van der Waals surface area contributed by atoms with Gasteiger partial charge in [-0.2, -0.15) is 0 Å². The van der Waals surface area contributed by atoms with Crippen LogP contribution in [0.15, 0.2) is 97.1 Å². The highest BCUT2D eigenvalue weighted by molar-refractivity contribution is 7.55. The summed E-state index contributed by atoms with van der Waals surface area (Å²) in [4.78, 5) is 0. The van der Waals surface area contributed by atoms with Crippen molar-refractivity contribution >= 4 is 29.1 Å². The molecular weight excluding hydrogens is 439 g/mol. The van der Waals surface area contributed by atoms with E-state index < -0.39 is 7.60 Å². The molecule has 5 aromatic carbocycles. The van der Waals surface area contributed by atoms with Crippen molar-refractivity contribution in [3.63, 3.8) is 0 Å². The van der Waals surface area contributed by atoms with Gasteiger partial charge >= 0.3 is 7.60 Å². The normalized spacial score (nSPS) is 18.2. The highest BCUT2D eigenvalue weighted by Crippen LogP contribution is 2.62. The number of aryl methyl sites for hydroxylation is 1. The molecule has 0 radical (unpaired) electrons. The second kappa shape index (κ2) is 7.48. The van der Waals surface area contributed by atoms with Crippen LogP contribution >= 0.6 is 7.60 Å². The largest absolute Gasteiger partial charge is 0.434 e. The van der Waals surface area contributed by atoms with E-state index in [9.17, 15) is 4.57 Å². The second-order valence-corrected chi connectivity index (χ2v) is 11.4. The topological polar surface area (TPSA) is 35.5 Å². The molecule has 166 valence electrons. The van der Waals surface area contributed by atoms with Gasteiger partial charge < -0.3 is 9.05 Å². The van der Waals surface area contributed by atoms with Crippen LogP contribution in [0.1, 0.15) is 17.5 Å². The molecule has 3 nitrogen and oxygen atoms in total. The Hall–Kier alpha value is -3.55. The van der Waals surface area contributed by atoms with Crippen molar-refractivity contribution in [2.75, 3.05) is 0 Å². The molecule has 0 fully saturated rings. The van der Waals surface area contributed by atoms with Crippen LogP contribution < -0.4 is 9.05 Å². The van der Waals surface area contributed by atoms with Gasteiger partial charge in [0.15, 0.2) is 0 Å². The molecule has 0 spiro atoms. The van der Waals surface area contributed by atoms with Crippen LogP contribution in [0, 0.1) is 0 Å². The Morgan fingerprint density at radius 1 is 0.618 bits per heavy atom. The third-order valence-electron chi connectivity index (χ3n) is 7.25. The van der Waals surface area contributed by atoms with Gasteiger partial charge in [0.1, 0.15) is 11.5 Å². The van der Waals surface area contributed by atoms with Crippen LogP contribution in [-0.4, -0.2) is 5.66 Å². The van der Waals surface area contributed by atoms with E-state index in [0.717, 1.165) is 45.5 Å². The first-order valence-electron chi connectivity index (χ1n) is 11.8. The predicted octanol–water partition coefficient (Wildman–Crippen LogP) is 8.18. The van der Waals surface area contributed by atoms with Crippen molar-refractivity contribution in [3.8, 4) is 22.6 Å². The van der Waals surface area contributed by atoms with Crippen LogP contribution in [0.25, 0.3) is 32.7 Å². The lowest BCUT2D eigenvalue weighted by molar-refractivity contribution is 0.369. The van der Waals surface area contributed by atoms with E-state index in [1.165, 1.54) is 11.1 Å². The number of rotatable bonds is 1. The molecule has 7 rings (SSSR count). The van der Waals surface area contributed by atoms with Crippen molar-refractivity contribution in [1.29, 1.82) is 0 Å². The van der Waals surface area contributed by atoms with E-state index in [0.29, 0.717) is 17.9 Å². The lowest BCUT2D eigenvalue weighted by Gasteiger charge is -2.30. The molecular formula is C30H23O3P. The standard InChI is InChI=1S/C30H23O3P/c31-34(24-16-13-20-7-1-2-10-23(20)19-24)32-27-17-14-21-8-3-5-11-25(21)29(27)30-26-12-6-4-9-22(26)15-18-28(30)33-34/h1-12,14-15,17-18,24H,13,16,19H2. The first kappa shape index (κ1) is 19.9. The van der Waals surface area contributed by atoms with Gasteiger partial charge in [0, 0.05) is 11.1 Å². The maximum absolute atomic E-state index is 14.6. The summed E-state index contributed by atoms with van der Waals surface area (Å²) in [5.74, 6) is 1.27. The third kappa shape index (κ3) is 3.01. The molecule has 0 N–H and O–H groups in total. The molecule has 34 heavy (non-hydrogen) atoms. The Morgan fingerprint density at radius 3 is 1.76 bits per heavy atom. The highest BCUT2D eigenvalue weighted by Gasteiger charge is 2.44. The fraction of sp³-hybridized carbons (Fsp3) is 0.133. The zero-order chi connectivity index (χ0) is 22.7. The smallest absolute Gasteiger partial charge is 0.415 e. The van der Waals surface area contributed by atoms with Crippen LogP contribution in [-0.2, 0) is 17.4 Å². The Balaban J connectivity index is 1.48. The summed E-state index contributed by atoms with van der Waals surface area (Å²) in [7, 11) is -3.51. The second-order valence-electron chi connectivity index (χ2n) is 9.21. The molecule has 0 bridgehead atoms. The van der Waals surface area contributed by atoms with E-state index in [2.05, 4.69) is 48.5 Å². The maximum atomic E-state index is 14.6. The predicted molar refractivity (Wildman–Crippen MR) is 138 cm³/mol. The monoisotopic (exact) mass is 462 g/mol. The lowest BCUT2D eigenvalue weighted by Crippen LogP contribution is -2.24. The Morgan fingerprint density at radius 2 is 1.15 bits per heavy atom. The summed E-state index contributed by atoms with van der Waals surface area (Å²) in [6.07, 6.45) is 2.35. The van der Waals surface area contributed by atoms with Crippen LogP contribution in [0.2, 0.25) is 0 Å². The lowest BCUT2D eigenvalue weighted by atomic mass is 9.91. The minimum absolute atomic E-state index is 0.195. The SMILES string of the molecule is O=P1(C2CCc3ccccc3C2)Oc2ccc3ccccc3c2-c2c(ccc3ccccc23)O1. The molecule has 1 heterocycles. The van der Waals surface area contributed by atoms with Gasteiger partial charge in [0.2, 0.25) is 0 Å². The maximum Gasteiger partial charge on any atom is 0.434 e. The van der Waals surface area contributed by atoms with Gasteiger partial charge in [0.05, 0.1) is 5.66 Å². The fourth-order valence-electron chi connectivity index (χ4n) is 5.56. The number of hydrogen-bond donors (Lipinski definition) is 0. The summed E-state index contributed by atoms with van der Waals surface area (Å²) in [5.41, 5.74) is 4.29. The van der Waals surface area contributed by atoms with E-state index in [1.54, 1.807) is 0 Å². The van der Waals surface area contributed by atoms with Gasteiger partial charge in [0.25, 0.3) is 0 Å². The summed E-state index contributed by atoms with van der Waals surface area (Å²) >= 11 is 0. The molecule has 5 aromatic rings. The summed E-state index contributed by atoms with van der Waals surface area (Å²) in [6.45, 7) is 0. The molecule has 4 heteroatoms. The molecule has 0 aromatic heterocycles. The van der Waals surface area contributed by atoms with Crippen LogP contribution in [0.5, 0.6) is 11.5 Å². The van der Waals surface area contributed by atoms with E-state index in [4.69, 9.17) is 9.05 Å². The summed E-state index contributed by atoms with van der Waals surface area (Å²) in [5, 5.41) is 4.38. The number of hydrogen-bond acceptors (Lipinski definition) is 3. The fourth-order valence-corrected chi connectivity index (χ4v) is 7.61. The Bertz CT molecular complexity index is 1550. The average molecular weight is 462 g/mol. The molecule has 1 aliphatic carbocycles. The first-order valence-corrected chi connectivity index (χ1v) is 13.4. The molecule has 0 amide bonds. The molecule has 0 saturated carbocycles. The van der Waals surface area contributed by atoms with E-state index in [1.807, 2.05) is 48.5 Å². The zero-order valence-corrected chi connectivity index (χ0v) is 19.5. The minimum Gasteiger partial charge on any atom is -0.415 e. The van der Waals surface area contributed by atoms with Crippen LogP contribution in [0.3, 0.4) is 0 Å². The van der Waals surface area contributed by atoms with Crippen LogP contribution in [0.4, 0.5) is 0 Å². The molecule has 0 saturated heterocycles. The van der Waals surface area contributed by atoms with E-state index >= 15 is 0 Å². The van der Waals surface area contributed by atoms with Crippen molar-refractivity contribution < 1.29 is 13.6 Å². The first-order chi connectivity index (χ1) is 16.7. The van der Waals surface area contributed by atoms with E-state index in [-0.39, 0.29) is 5.66 Å². The number of fused-ring (bicyclic) bond motifs is 8. The summed E-state index contributed by atoms with van der Waals surface area (Å²) in [6, 6.07) is 33.0. The van der Waals surface area contributed by atoms with Gasteiger partial charge in [-0.15, -0.1) is 0 Å². The molecule has 1 aliphatic heterocycles. The highest BCUT2D eigenvalue weighted by atomic mass is 31.2. The van der Waals surface area contributed by atoms with Gasteiger partial charge in [-0.25, -0.2) is 4.57 Å². The minimum atomic E-state index is -3.51. The van der Waals surface area contributed by atoms with Crippen molar-refractivity contribution in [2.24, 2.45) is 0 Å². The van der Waals surface area contributed by atoms with Crippen molar-refractivity contribution in [2.45, 2.75) is 24.9 Å².